The second kappa shape index (κ2) is 5.06. The van der Waals surface area contributed by atoms with Crippen molar-refractivity contribution in [3.63, 3.8) is 0 Å². The van der Waals surface area contributed by atoms with E-state index in [1.807, 2.05) is 13.8 Å². The van der Waals surface area contributed by atoms with E-state index in [1.165, 1.54) is 16.7 Å². The van der Waals surface area contributed by atoms with Crippen LogP contribution in [-0.2, 0) is 11.0 Å². The number of nitrogens with two attached hydrogens (primary N) is 1. The molecule has 2 aromatic carbocycles. The number of hydrogen-bond donors (Lipinski definition) is 1. The molecule has 0 radical (unpaired) electrons. The minimum Gasteiger partial charge on any atom is -0.322 e. The second-order valence-corrected chi connectivity index (χ2v) is 7.13. The van der Waals surface area contributed by atoms with Crippen LogP contribution < -0.4 is 5.73 Å². The van der Waals surface area contributed by atoms with Gasteiger partial charge in [-0.05, 0) is 41.5 Å². The van der Waals surface area contributed by atoms with Crippen LogP contribution in [0.2, 0.25) is 0 Å². The van der Waals surface area contributed by atoms with Crippen molar-refractivity contribution in [3.05, 3.63) is 59.7 Å². The second-order valence-electron chi connectivity index (χ2n) is 7.13. The zero-order valence-corrected chi connectivity index (χ0v) is 13.2. The Hall–Kier alpha value is -1.60. The molecule has 2 N–H and O–H groups in total. The molecule has 0 spiro atoms. The molecule has 1 nitrogen and oxygen atoms in total. The van der Waals surface area contributed by atoms with E-state index >= 15 is 0 Å². The van der Waals surface area contributed by atoms with E-state index in [9.17, 15) is 0 Å². The van der Waals surface area contributed by atoms with Crippen LogP contribution in [0.5, 0.6) is 0 Å². The van der Waals surface area contributed by atoms with Gasteiger partial charge in [0.05, 0.1) is 0 Å². The normalized spacial score (nSPS) is 12.5. The highest BCUT2D eigenvalue weighted by Gasteiger charge is 2.14. The average molecular weight is 267 g/mol. The lowest BCUT2D eigenvalue weighted by molar-refractivity contribution is 0.554. The van der Waals surface area contributed by atoms with E-state index in [0.717, 1.165) is 5.56 Å². The third-order valence-electron chi connectivity index (χ3n) is 3.71. The van der Waals surface area contributed by atoms with Crippen LogP contribution in [0.15, 0.2) is 48.5 Å². The minimum atomic E-state index is -0.283. The largest absolute Gasteiger partial charge is 0.322 e. The average Bonchev–Trinajstić information content (AvgIpc) is 2.37. The first-order chi connectivity index (χ1) is 9.18. The standard InChI is InChI=1S/C19H25N/c1-18(2,3)16-10-6-14(7-11-16)15-8-12-17(13-9-15)19(4,5)20/h6-13H,20H2,1-5H3. The van der Waals surface area contributed by atoms with Crippen molar-refractivity contribution in [1.29, 1.82) is 0 Å². The Bertz CT molecular complexity index is 508. The van der Waals surface area contributed by atoms with Gasteiger partial charge in [0.25, 0.3) is 0 Å². The summed E-state index contributed by atoms with van der Waals surface area (Å²) >= 11 is 0. The first kappa shape index (κ1) is 14.8. The molecule has 0 atom stereocenters. The third-order valence-corrected chi connectivity index (χ3v) is 3.71. The fraction of sp³-hybridized carbons (Fsp3) is 0.368. The Morgan fingerprint density at radius 3 is 1.25 bits per heavy atom. The number of benzene rings is 2. The lowest BCUT2D eigenvalue weighted by Gasteiger charge is -2.20. The van der Waals surface area contributed by atoms with Gasteiger partial charge in [-0.15, -0.1) is 0 Å². The highest BCUT2D eigenvalue weighted by Crippen LogP contribution is 2.27. The molecule has 0 aliphatic carbocycles. The van der Waals surface area contributed by atoms with Gasteiger partial charge in [-0.2, -0.15) is 0 Å². The summed E-state index contributed by atoms with van der Waals surface area (Å²) in [5.41, 5.74) is 11.0. The quantitative estimate of drug-likeness (QED) is 0.827. The van der Waals surface area contributed by atoms with Gasteiger partial charge in [0.2, 0.25) is 0 Å². The van der Waals surface area contributed by atoms with E-state index in [0.29, 0.717) is 0 Å². The first-order valence-electron chi connectivity index (χ1n) is 7.18. The van der Waals surface area contributed by atoms with Gasteiger partial charge in [-0.1, -0.05) is 69.3 Å². The van der Waals surface area contributed by atoms with Gasteiger partial charge < -0.3 is 5.73 Å². The van der Waals surface area contributed by atoms with Crippen molar-refractivity contribution in [1.82, 2.24) is 0 Å². The topological polar surface area (TPSA) is 26.0 Å². The van der Waals surface area contributed by atoms with E-state index in [2.05, 4.69) is 69.3 Å². The van der Waals surface area contributed by atoms with Crippen LogP contribution >= 0.6 is 0 Å². The molecular weight excluding hydrogens is 242 g/mol. The van der Waals surface area contributed by atoms with Gasteiger partial charge in [0, 0.05) is 5.54 Å². The summed E-state index contributed by atoms with van der Waals surface area (Å²) in [6.45, 7) is 10.8. The molecule has 106 valence electrons. The van der Waals surface area contributed by atoms with E-state index in [1.54, 1.807) is 0 Å². The highest BCUT2D eigenvalue weighted by molar-refractivity contribution is 5.64. The molecule has 0 bridgehead atoms. The minimum absolute atomic E-state index is 0.200. The zero-order chi connectivity index (χ0) is 15.0. The third kappa shape index (κ3) is 3.29. The van der Waals surface area contributed by atoms with Crippen LogP contribution in [0.3, 0.4) is 0 Å². The molecule has 0 saturated carbocycles. The van der Waals surface area contributed by atoms with E-state index in [4.69, 9.17) is 5.73 Å². The maximum absolute atomic E-state index is 6.11. The Morgan fingerprint density at radius 2 is 0.950 bits per heavy atom. The molecule has 0 unspecified atom stereocenters. The lowest BCUT2D eigenvalue weighted by atomic mass is 9.86. The predicted molar refractivity (Wildman–Crippen MR) is 87.8 cm³/mol. The molecule has 0 aromatic heterocycles. The monoisotopic (exact) mass is 267 g/mol. The highest BCUT2D eigenvalue weighted by atomic mass is 14.7. The molecule has 2 aromatic rings. The molecule has 0 aliphatic heterocycles. The summed E-state index contributed by atoms with van der Waals surface area (Å²) in [6, 6.07) is 17.4. The lowest BCUT2D eigenvalue weighted by Crippen LogP contribution is -2.28. The van der Waals surface area contributed by atoms with E-state index < -0.39 is 0 Å². The van der Waals surface area contributed by atoms with Gasteiger partial charge in [-0.25, -0.2) is 0 Å². The van der Waals surface area contributed by atoms with Gasteiger partial charge >= 0.3 is 0 Å². The Balaban J connectivity index is 2.29. The van der Waals surface area contributed by atoms with Crippen LogP contribution in [-0.4, -0.2) is 0 Å². The molecule has 0 saturated heterocycles. The summed E-state index contributed by atoms with van der Waals surface area (Å²) in [6.07, 6.45) is 0. The van der Waals surface area contributed by atoms with Crippen molar-refractivity contribution < 1.29 is 0 Å². The molecular formula is C19H25N. The molecule has 1 heteroatoms. The zero-order valence-electron chi connectivity index (χ0n) is 13.2. The summed E-state index contributed by atoms with van der Waals surface area (Å²) < 4.78 is 0. The van der Waals surface area contributed by atoms with Crippen molar-refractivity contribution in [2.24, 2.45) is 5.73 Å². The van der Waals surface area contributed by atoms with Crippen molar-refractivity contribution in [3.8, 4) is 11.1 Å². The van der Waals surface area contributed by atoms with Gasteiger partial charge in [0.1, 0.15) is 0 Å². The van der Waals surface area contributed by atoms with Crippen molar-refractivity contribution in [2.45, 2.75) is 45.6 Å². The van der Waals surface area contributed by atoms with E-state index in [-0.39, 0.29) is 11.0 Å². The fourth-order valence-electron chi connectivity index (χ4n) is 2.25. The molecule has 0 heterocycles. The molecule has 0 aliphatic rings. The Morgan fingerprint density at radius 1 is 0.600 bits per heavy atom. The maximum Gasteiger partial charge on any atom is 0.0352 e. The predicted octanol–water partition coefficient (Wildman–Crippen LogP) is 4.84. The van der Waals surface area contributed by atoms with Crippen LogP contribution in [0.1, 0.15) is 45.7 Å². The molecule has 0 fully saturated rings. The molecule has 2 rings (SSSR count). The summed E-state index contributed by atoms with van der Waals surface area (Å²) in [4.78, 5) is 0. The fourth-order valence-corrected chi connectivity index (χ4v) is 2.25. The summed E-state index contributed by atoms with van der Waals surface area (Å²) in [5, 5.41) is 0. The van der Waals surface area contributed by atoms with Crippen molar-refractivity contribution in [2.75, 3.05) is 0 Å². The molecule has 20 heavy (non-hydrogen) atoms. The van der Waals surface area contributed by atoms with Crippen LogP contribution in [0.25, 0.3) is 11.1 Å². The maximum atomic E-state index is 6.11. The Kier molecular flexibility index (Phi) is 3.75. The Labute approximate surface area is 122 Å². The van der Waals surface area contributed by atoms with Crippen LogP contribution in [0, 0.1) is 0 Å². The first-order valence-corrected chi connectivity index (χ1v) is 7.18. The number of rotatable bonds is 2. The van der Waals surface area contributed by atoms with Crippen molar-refractivity contribution >= 4 is 0 Å². The number of hydrogen-bond acceptors (Lipinski definition) is 1. The van der Waals surface area contributed by atoms with Crippen LogP contribution in [0.4, 0.5) is 0 Å². The summed E-state index contributed by atoms with van der Waals surface area (Å²) in [5.74, 6) is 0. The van der Waals surface area contributed by atoms with Gasteiger partial charge in [0.15, 0.2) is 0 Å². The SMILES string of the molecule is CC(C)(C)c1ccc(-c2ccc(C(C)(C)N)cc2)cc1. The van der Waals surface area contributed by atoms with Gasteiger partial charge in [-0.3, -0.25) is 0 Å². The smallest absolute Gasteiger partial charge is 0.0352 e. The molecule has 0 amide bonds. The summed E-state index contributed by atoms with van der Waals surface area (Å²) in [7, 11) is 0.